The van der Waals surface area contributed by atoms with Crippen LogP contribution in [-0.4, -0.2) is 30.4 Å². The maximum absolute atomic E-state index is 11.1. The molecule has 6 heteroatoms. The van der Waals surface area contributed by atoms with Crippen molar-refractivity contribution in [3.8, 4) is 5.75 Å². The fourth-order valence-corrected chi connectivity index (χ4v) is 1.06. The number of anilines is 1. The van der Waals surface area contributed by atoms with Crippen molar-refractivity contribution in [3.63, 3.8) is 0 Å². The molecule has 1 aromatic carbocycles. The van der Waals surface area contributed by atoms with E-state index in [4.69, 9.17) is 14.6 Å². The zero-order valence-electron chi connectivity index (χ0n) is 9.30. The molecule has 0 radical (unpaired) electrons. The van der Waals surface area contributed by atoms with Crippen LogP contribution in [0.1, 0.15) is 6.92 Å². The van der Waals surface area contributed by atoms with Crippen LogP contribution in [0.4, 0.5) is 10.5 Å². The van der Waals surface area contributed by atoms with Crippen LogP contribution in [0.5, 0.6) is 5.75 Å². The van der Waals surface area contributed by atoms with Gasteiger partial charge in [0.2, 0.25) is 0 Å². The molecule has 17 heavy (non-hydrogen) atoms. The fraction of sp³-hybridized carbons (Fsp3) is 0.273. The van der Waals surface area contributed by atoms with Gasteiger partial charge >= 0.3 is 12.1 Å². The maximum atomic E-state index is 11.1. The lowest BCUT2D eigenvalue weighted by molar-refractivity contribution is -0.139. The number of aliphatic carboxylic acids is 1. The third-order valence-corrected chi connectivity index (χ3v) is 1.74. The Kier molecular flexibility index (Phi) is 4.80. The number of hydrogen-bond acceptors (Lipinski definition) is 4. The van der Waals surface area contributed by atoms with E-state index in [1.165, 1.54) is 0 Å². The van der Waals surface area contributed by atoms with E-state index in [1.807, 2.05) is 0 Å². The van der Waals surface area contributed by atoms with Crippen molar-refractivity contribution in [1.29, 1.82) is 0 Å². The predicted molar refractivity (Wildman–Crippen MR) is 60.2 cm³/mol. The molecule has 0 saturated carbocycles. The van der Waals surface area contributed by atoms with Crippen LogP contribution in [0.3, 0.4) is 0 Å². The number of carboxylic acids is 1. The standard InChI is InChI=1S/C11H13NO5/c1-2-16-11(15)12-8-3-5-9(6-4-8)17-7-10(13)14/h3-6H,2,7H2,1H3,(H,12,15)(H,13,14). The number of carboxylic acid groups (broad SMARTS) is 1. The molecule has 0 aliphatic rings. The number of amides is 1. The Balaban J connectivity index is 2.49. The van der Waals surface area contributed by atoms with E-state index < -0.39 is 18.7 Å². The number of rotatable bonds is 5. The summed E-state index contributed by atoms with van der Waals surface area (Å²) in [7, 11) is 0. The second-order valence-electron chi connectivity index (χ2n) is 3.05. The molecular weight excluding hydrogens is 226 g/mol. The van der Waals surface area contributed by atoms with E-state index in [2.05, 4.69) is 5.32 Å². The monoisotopic (exact) mass is 239 g/mol. The third kappa shape index (κ3) is 4.87. The Hall–Kier alpha value is -2.24. The van der Waals surface area contributed by atoms with Crippen LogP contribution in [0, 0.1) is 0 Å². The average Bonchev–Trinajstić information content (AvgIpc) is 2.28. The lowest BCUT2D eigenvalue weighted by Crippen LogP contribution is -2.13. The second-order valence-corrected chi connectivity index (χ2v) is 3.05. The molecule has 0 fully saturated rings. The van der Waals surface area contributed by atoms with Crippen molar-refractivity contribution < 1.29 is 24.2 Å². The van der Waals surface area contributed by atoms with Crippen molar-refractivity contribution in [2.75, 3.05) is 18.5 Å². The molecule has 1 rings (SSSR count). The largest absolute Gasteiger partial charge is 0.482 e. The first-order valence-corrected chi connectivity index (χ1v) is 5.00. The SMILES string of the molecule is CCOC(=O)Nc1ccc(OCC(=O)O)cc1. The number of hydrogen-bond donors (Lipinski definition) is 2. The fourth-order valence-electron chi connectivity index (χ4n) is 1.06. The first kappa shape index (κ1) is 12.8. The van der Waals surface area contributed by atoms with Gasteiger partial charge in [0.05, 0.1) is 6.61 Å². The molecule has 0 unspecified atom stereocenters. The first-order valence-electron chi connectivity index (χ1n) is 5.00. The summed E-state index contributed by atoms with van der Waals surface area (Å²) in [6, 6.07) is 6.30. The van der Waals surface area contributed by atoms with Crippen molar-refractivity contribution >= 4 is 17.7 Å². The summed E-state index contributed by atoms with van der Waals surface area (Å²) in [5, 5.41) is 10.9. The van der Waals surface area contributed by atoms with Gasteiger partial charge in [-0.25, -0.2) is 9.59 Å². The van der Waals surface area contributed by atoms with Crippen molar-refractivity contribution in [2.45, 2.75) is 6.92 Å². The van der Waals surface area contributed by atoms with Crippen LogP contribution in [0.2, 0.25) is 0 Å². The number of carbonyl (C=O) groups is 2. The summed E-state index contributed by atoms with van der Waals surface area (Å²) >= 11 is 0. The Morgan fingerprint density at radius 3 is 2.47 bits per heavy atom. The minimum atomic E-state index is -1.04. The first-order chi connectivity index (χ1) is 8.11. The number of carbonyl (C=O) groups excluding carboxylic acids is 1. The van der Waals surface area contributed by atoms with Crippen molar-refractivity contribution in [1.82, 2.24) is 0 Å². The number of nitrogens with one attached hydrogen (secondary N) is 1. The van der Waals surface area contributed by atoms with Gasteiger partial charge in [0.25, 0.3) is 0 Å². The van der Waals surface area contributed by atoms with E-state index in [-0.39, 0.29) is 0 Å². The summed E-state index contributed by atoms with van der Waals surface area (Å²) < 4.78 is 9.63. The van der Waals surface area contributed by atoms with E-state index in [1.54, 1.807) is 31.2 Å². The molecule has 0 heterocycles. The Morgan fingerprint density at radius 1 is 1.29 bits per heavy atom. The van der Waals surface area contributed by atoms with Gasteiger partial charge in [0, 0.05) is 5.69 Å². The molecule has 1 aromatic rings. The number of ether oxygens (including phenoxy) is 2. The highest BCUT2D eigenvalue weighted by atomic mass is 16.5. The third-order valence-electron chi connectivity index (χ3n) is 1.74. The molecule has 0 atom stereocenters. The van der Waals surface area contributed by atoms with Crippen LogP contribution >= 0.6 is 0 Å². The van der Waals surface area contributed by atoms with Crippen LogP contribution in [0.15, 0.2) is 24.3 Å². The van der Waals surface area contributed by atoms with Gasteiger partial charge in [-0.3, -0.25) is 5.32 Å². The normalized spacial score (nSPS) is 9.47. The molecule has 0 bridgehead atoms. The molecule has 0 aliphatic carbocycles. The van der Waals surface area contributed by atoms with Crippen molar-refractivity contribution in [2.24, 2.45) is 0 Å². The van der Waals surface area contributed by atoms with E-state index in [9.17, 15) is 9.59 Å². The zero-order valence-corrected chi connectivity index (χ0v) is 9.30. The maximum Gasteiger partial charge on any atom is 0.411 e. The van der Waals surface area contributed by atoms with Crippen LogP contribution in [-0.2, 0) is 9.53 Å². The van der Waals surface area contributed by atoms with Crippen molar-refractivity contribution in [3.05, 3.63) is 24.3 Å². The minimum absolute atomic E-state index is 0.297. The minimum Gasteiger partial charge on any atom is -0.482 e. The predicted octanol–water partition coefficient (Wildman–Crippen LogP) is 1.72. The van der Waals surface area contributed by atoms with Gasteiger partial charge < -0.3 is 14.6 Å². The summed E-state index contributed by atoms with van der Waals surface area (Å²) in [5.74, 6) is -0.625. The van der Waals surface area contributed by atoms with E-state index in [0.717, 1.165) is 0 Å². The van der Waals surface area contributed by atoms with Crippen LogP contribution < -0.4 is 10.1 Å². The van der Waals surface area contributed by atoms with Gasteiger partial charge in [-0.2, -0.15) is 0 Å². The Labute approximate surface area is 98.2 Å². The summed E-state index contributed by atoms with van der Waals surface area (Å²) in [5.41, 5.74) is 0.547. The summed E-state index contributed by atoms with van der Waals surface area (Å²) in [4.78, 5) is 21.3. The molecule has 0 aliphatic heterocycles. The van der Waals surface area contributed by atoms with Gasteiger partial charge in [-0.15, -0.1) is 0 Å². The van der Waals surface area contributed by atoms with E-state index in [0.29, 0.717) is 18.0 Å². The quantitative estimate of drug-likeness (QED) is 0.817. The lowest BCUT2D eigenvalue weighted by Gasteiger charge is -2.06. The van der Waals surface area contributed by atoms with Gasteiger partial charge in [0.1, 0.15) is 5.75 Å². The molecular formula is C11H13NO5. The molecule has 6 nitrogen and oxygen atoms in total. The van der Waals surface area contributed by atoms with Gasteiger partial charge in [-0.1, -0.05) is 0 Å². The second kappa shape index (κ2) is 6.37. The highest BCUT2D eigenvalue weighted by molar-refractivity contribution is 5.84. The molecule has 2 N–H and O–H groups in total. The molecule has 0 saturated heterocycles. The smallest absolute Gasteiger partial charge is 0.411 e. The molecule has 0 aromatic heterocycles. The number of benzene rings is 1. The summed E-state index contributed by atoms with van der Waals surface area (Å²) in [6.07, 6.45) is -0.535. The highest BCUT2D eigenvalue weighted by Gasteiger charge is 2.02. The zero-order chi connectivity index (χ0) is 12.7. The summed E-state index contributed by atoms with van der Waals surface area (Å²) in [6.45, 7) is 1.61. The molecule has 0 spiro atoms. The van der Waals surface area contributed by atoms with Gasteiger partial charge in [0.15, 0.2) is 6.61 Å². The Bertz CT molecular complexity index is 387. The Morgan fingerprint density at radius 2 is 1.94 bits per heavy atom. The van der Waals surface area contributed by atoms with Crippen LogP contribution in [0.25, 0.3) is 0 Å². The molecule has 1 amide bonds. The highest BCUT2D eigenvalue weighted by Crippen LogP contribution is 2.15. The molecule has 92 valence electrons. The van der Waals surface area contributed by atoms with E-state index >= 15 is 0 Å². The van der Waals surface area contributed by atoms with Gasteiger partial charge in [-0.05, 0) is 31.2 Å². The average molecular weight is 239 g/mol. The lowest BCUT2D eigenvalue weighted by atomic mass is 10.3. The topological polar surface area (TPSA) is 84.9 Å².